The van der Waals surface area contributed by atoms with Gasteiger partial charge in [-0.1, -0.05) is 0 Å². The summed E-state index contributed by atoms with van der Waals surface area (Å²) in [7, 11) is 1.86. The van der Waals surface area contributed by atoms with E-state index in [4.69, 9.17) is 0 Å². The minimum absolute atomic E-state index is 0.0262. The average Bonchev–Trinajstić information content (AvgIpc) is 3.37. The summed E-state index contributed by atoms with van der Waals surface area (Å²) in [4.78, 5) is 35.6. The van der Waals surface area contributed by atoms with Gasteiger partial charge in [-0.25, -0.2) is 9.97 Å². The Morgan fingerprint density at radius 1 is 1.34 bits per heavy atom. The maximum atomic E-state index is 12.5. The number of carbonyl (C=O) groups excluding carboxylic acids is 1. The van der Waals surface area contributed by atoms with E-state index >= 15 is 0 Å². The Morgan fingerprint density at radius 2 is 2.21 bits per heavy atom. The van der Waals surface area contributed by atoms with Crippen molar-refractivity contribution in [1.29, 1.82) is 0 Å². The molecule has 0 aromatic carbocycles. The van der Waals surface area contributed by atoms with Crippen molar-refractivity contribution < 1.29 is 4.79 Å². The lowest BCUT2D eigenvalue weighted by molar-refractivity contribution is 0.0940. The predicted molar refractivity (Wildman–Crippen MR) is 109 cm³/mol. The minimum Gasteiger partial charge on any atom is -0.347 e. The van der Waals surface area contributed by atoms with Crippen LogP contribution in [0.5, 0.6) is 0 Å². The molecule has 1 N–H and O–H groups in total. The number of nitrogens with zero attached hydrogens (tertiary/aromatic N) is 6. The van der Waals surface area contributed by atoms with Crippen molar-refractivity contribution in [2.45, 2.75) is 25.9 Å². The fourth-order valence-electron chi connectivity index (χ4n) is 3.45. The average molecular weight is 393 g/mol. The fraction of sp³-hybridized carbons (Fsp3) is 0.350. The predicted octanol–water partition coefficient (Wildman–Crippen LogP) is 1.07. The number of pyridine rings is 1. The van der Waals surface area contributed by atoms with E-state index in [2.05, 4.69) is 25.3 Å². The van der Waals surface area contributed by atoms with Crippen LogP contribution >= 0.6 is 0 Å². The summed E-state index contributed by atoms with van der Waals surface area (Å²) in [6.45, 7) is 3.84. The molecule has 1 amide bonds. The van der Waals surface area contributed by atoms with Crippen LogP contribution in [0, 0.1) is 0 Å². The Morgan fingerprint density at radius 3 is 2.93 bits per heavy atom. The van der Waals surface area contributed by atoms with Crippen LogP contribution in [-0.2, 0) is 13.6 Å². The second kappa shape index (κ2) is 7.86. The maximum Gasteiger partial charge on any atom is 0.251 e. The fourth-order valence-corrected chi connectivity index (χ4v) is 3.45. The highest BCUT2D eigenvalue weighted by Gasteiger charge is 2.26. The number of amides is 1. The van der Waals surface area contributed by atoms with Crippen LogP contribution in [0.3, 0.4) is 0 Å². The molecule has 0 saturated carbocycles. The van der Waals surface area contributed by atoms with Crippen molar-refractivity contribution in [2.75, 3.05) is 18.0 Å². The summed E-state index contributed by atoms with van der Waals surface area (Å²) >= 11 is 0. The van der Waals surface area contributed by atoms with E-state index in [-0.39, 0.29) is 17.5 Å². The van der Waals surface area contributed by atoms with Crippen LogP contribution < -0.4 is 15.8 Å². The third-order valence-corrected chi connectivity index (χ3v) is 5.05. The molecule has 1 atom stereocenters. The zero-order valence-electron chi connectivity index (χ0n) is 16.4. The molecule has 0 bridgehead atoms. The monoisotopic (exact) mass is 393 g/mol. The first-order valence-corrected chi connectivity index (χ1v) is 9.62. The van der Waals surface area contributed by atoms with E-state index < -0.39 is 0 Å². The van der Waals surface area contributed by atoms with Crippen molar-refractivity contribution in [1.82, 2.24) is 29.6 Å². The highest BCUT2D eigenvalue weighted by Crippen LogP contribution is 2.21. The molecule has 150 valence electrons. The van der Waals surface area contributed by atoms with E-state index in [1.807, 2.05) is 26.2 Å². The zero-order chi connectivity index (χ0) is 20.4. The quantitative estimate of drug-likeness (QED) is 0.696. The number of aromatic nitrogens is 5. The summed E-state index contributed by atoms with van der Waals surface area (Å²) in [5.41, 5.74) is 1.95. The smallest absolute Gasteiger partial charge is 0.251 e. The van der Waals surface area contributed by atoms with E-state index in [0.29, 0.717) is 24.6 Å². The molecule has 1 fully saturated rings. The standard InChI is InChI=1S/C20H23N7O2/c1-3-26-8-5-14(10-18(26)28)19(29)23-16-6-9-27(13-16)20-21-7-4-17(24-20)15-11-22-25(2)12-15/h4-5,7-8,10-12,16H,3,6,9,13H2,1-2H3,(H,23,29). The first kappa shape index (κ1) is 18.9. The van der Waals surface area contributed by atoms with Crippen molar-refractivity contribution in [3.63, 3.8) is 0 Å². The highest BCUT2D eigenvalue weighted by molar-refractivity contribution is 5.94. The molecule has 9 nitrogen and oxygen atoms in total. The summed E-state index contributed by atoms with van der Waals surface area (Å²) in [6, 6.07) is 4.88. The van der Waals surface area contributed by atoms with Gasteiger partial charge in [0.2, 0.25) is 5.95 Å². The van der Waals surface area contributed by atoms with Crippen LogP contribution in [0.2, 0.25) is 0 Å². The highest BCUT2D eigenvalue weighted by atomic mass is 16.2. The lowest BCUT2D eigenvalue weighted by Gasteiger charge is -2.17. The lowest BCUT2D eigenvalue weighted by Crippen LogP contribution is -2.38. The van der Waals surface area contributed by atoms with E-state index in [9.17, 15) is 9.59 Å². The van der Waals surface area contributed by atoms with Crippen molar-refractivity contribution in [2.24, 2.45) is 7.05 Å². The Hall–Kier alpha value is -3.49. The van der Waals surface area contributed by atoms with Crippen LogP contribution in [0.25, 0.3) is 11.3 Å². The van der Waals surface area contributed by atoms with Gasteiger partial charge < -0.3 is 14.8 Å². The number of hydrogen-bond acceptors (Lipinski definition) is 6. The molecule has 3 aromatic heterocycles. The molecule has 1 saturated heterocycles. The van der Waals surface area contributed by atoms with Gasteiger partial charge in [0.1, 0.15) is 0 Å². The van der Waals surface area contributed by atoms with Gasteiger partial charge in [0.05, 0.1) is 11.9 Å². The van der Waals surface area contributed by atoms with Gasteiger partial charge in [0.15, 0.2) is 0 Å². The summed E-state index contributed by atoms with van der Waals surface area (Å²) in [6.07, 6.45) is 7.85. The van der Waals surface area contributed by atoms with Gasteiger partial charge in [0.25, 0.3) is 11.5 Å². The van der Waals surface area contributed by atoms with Crippen LogP contribution in [0.4, 0.5) is 5.95 Å². The Balaban J connectivity index is 1.42. The third kappa shape index (κ3) is 4.03. The molecule has 0 spiro atoms. The molecule has 4 rings (SSSR count). The van der Waals surface area contributed by atoms with Crippen LogP contribution in [0.15, 0.2) is 47.8 Å². The van der Waals surface area contributed by atoms with E-state index in [1.165, 1.54) is 6.07 Å². The second-order valence-corrected chi connectivity index (χ2v) is 7.09. The zero-order valence-corrected chi connectivity index (χ0v) is 16.4. The summed E-state index contributed by atoms with van der Waals surface area (Å²) in [5.74, 6) is 0.399. The molecular formula is C20H23N7O2. The second-order valence-electron chi connectivity index (χ2n) is 7.09. The van der Waals surface area contributed by atoms with Crippen molar-refractivity contribution in [3.05, 3.63) is 58.9 Å². The molecular weight excluding hydrogens is 370 g/mol. The Labute approximate surface area is 168 Å². The number of aryl methyl sites for hydroxylation is 2. The number of carbonyl (C=O) groups is 1. The van der Waals surface area contributed by atoms with Gasteiger partial charge in [-0.15, -0.1) is 0 Å². The molecule has 9 heteroatoms. The van der Waals surface area contributed by atoms with Gasteiger partial charge >= 0.3 is 0 Å². The Bertz CT molecular complexity index is 1090. The van der Waals surface area contributed by atoms with Crippen LogP contribution in [-0.4, -0.2) is 49.4 Å². The molecule has 0 radical (unpaired) electrons. The third-order valence-electron chi connectivity index (χ3n) is 5.05. The number of hydrogen-bond donors (Lipinski definition) is 1. The topological polar surface area (TPSA) is 97.9 Å². The SMILES string of the molecule is CCn1ccc(C(=O)NC2CCN(c3nccc(-c4cnn(C)c4)n3)C2)cc1=O. The van der Waals surface area contributed by atoms with Crippen molar-refractivity contribution >= 4 is 11.9 Å². The normalized spacial score (nSPS) is 16.2. The van der Waals surface area contributed by atoms with E-state index in [0.717, 1.165) is 24.2 Å². The molecule has 0 aliphatic carbocycles. The van der Waals surface area contributed by atoms with Gasteiger partial charge in [0, 0.05) is 68.5 Å². The maximum absolute atomic E-state index is 12.5. The minimum atomic E-state index is -0.234. The number of nitrogens with one attached hydrogen (secondary N) is 1. The largest absolute Gasteiger partial charge is 0.347 e. The molecule has 29 heavy (non-hydrogen) atoms. The summed E-state index contributed by atoms with van der Waals surface area (Å²) in [5, 5.41) is 7.19. The molecule has 1 aliphatic rings. The van der Waals surface area contributed by atoms with Crippen LogP contribution in [0.1, 0.15) is 23.7 Å². The van der Waals surface area contributed by atoms with E-state index in [1.54, 1.807) is 33.9 Å². The molecule has 3 aromatic rings. The molecule has 1 unspecified atom stereocenters. The lowest BCUT2D eigenvalue weighted by atomic mass is 10.2. The Kier molecular flexibility index (Phi) is 5.11. The number of rotatable bonds is 5. The number of anilines is 1. The first-order valence-electron chi connectivity index (χ1n) is 9.62. The summed E-state index contributed by atoms with van der Waals surface area (Å²) < 4.78 is 3.29. The van der Waals surface area contributed by atoms with Gasteiger partial charge in [-0.05, 0) is 25.5 Å². The van der Waals surface area contributed by atoms with Gasteiger partial charge in [-0.2, -0.15) is 5.10 Å². The van der Waals surface area contributed by atoms with Crippen molar-refractivity contribution in [3.8, 4) is 11.3 Å². The van der Waals surface area contributed by atoms with Gasteiger partial charge in [-0.3, -0.25) is 14.3 Å². The first-order chi connectivity index (χ1) is 14.0. The molecule has 1 aliphatic heterocycles. The molecule has 4 heterocycles.